The highest BCUT2D eigenvalue weighted by Crippen LogP contribution is 2.21. The third kappa shape index (κ3) is 2.23. The van der Waals surface area contributed by atoms with Crippen molar-refractivity contribution in [2.24, 2.45) is 0 Å². The topological polar surface area (TPSA) is 15.3 Å². The minimum absolute atomic E-state index is 0.767. The first-order chi connectivity index (χ1) is 6.25. The minimum atomic E-state index is 0.767. The maximum atomic E-state index is 3.80. The van der Waals surface area contributed by atoms with E-state index in [1.54, 1.807) is 0 Å². The van der Waals surface area contributed by atoms with Crippen LogP contribution in [0.15, 0.2) is 0 Å². The summed E-state index contributed by atoms with van der Waals surface area (Å²) in [7, 11) is 2.24. The summed E-state index contributed by atoms with van der Waals surface area (Å²) in [4.78, 5) is 2.46. The second-order valence-electron chi connectivity index (χ2n) is 4.87. The van der Waals surface area contributed by atoms with Gasteiger partial charge in [-0.2, -0.15) is 0 Å². The number of nitrogens with one attached hydrogen (secondary N) is 1. The number of hydrogen-bond acceptors (Lipinski definition) is 2. The Balaban J connectivity index is 1.76. The molecule has 0 aromatic heterocycles. The van der Waals surface area contributed by atoms with Gasteiger partial charge in [-0.1, -0.05) is 12.8 Å². The molecule has 2 unspecified atom stereocenters. The van der Waals surface area contributed by atoms with Crippen molar-refractivity contribution in [1.29, 1.82) is 0 Å². The fraction of sp³-hybridized carbons (Fsp3) is 1.00. The van der Waals surface area contributed by atoms with E-state index in [4.69, 9.17) is 0 Å². The van der Waals surface area contributed by atoms with Crippen molar-refractivity contribution >= 4 is 0 Å². The lowest BCUT2D eigenvalue weighted by molar-refractivity contribution is 0.324. The predicted molar refractivity (Wildman–Crippen MR) is 55.9 cm³/mol. The molecule has 0 radical (unpaired) electrons. The Labute approximate surface area is 81.7 Å². The predicted octanol–water partition coefficient (Wildman–Crippen LogP) is 1.61. The molecule has 0 spiro atoms. The van der Waals surface area contributed by atoms with Crippen LogP contribution in [0.25, 0.3) is 0 Å². The zero-order valence-corrected chi connectivity index (χ0v) is 8.92. The van der Waals surface area contributed by atoms with Crippen LogP contribution in [0.1, 0.15) is 39.0 Å². The zero-order chi connectivity index (χ0) is 9.26. The first-order valence-corrected chi connectivity index (χ1v) is 5.72. The fourth-order valence-corrected chi connectivity index (χ4v) is 2.74. The maximum Gasteiger partial charge on any atom is 0.0212 e. The van der Waals surface area contributed by atoms with E-state index in [1.165, 1.54) is 38.6 Å². The smallest absolute Gasteiger partial charge is 0.0212 e. The van der Waals surface area contributed by atoms with Gasteiger partial charge >= 0.3 is 0 Å². The number of likely N-dealkylation sites (tertiary alicyclic amines) is 1. The normalized spacial score (nSPS) is 37.4. The third-order valence-corrected chi connectivity index (χ3v) is 3.71. The number of nitrogens with zero attached hydrogens (tertiary/aromatic N) is 1. The van der Waals surface area contributed by atoms with Crippen LogP contribution in [-0.2, 0) is 0 Å². The van der Waals surface area contributed by atoms with Crippen molar-refractivity contribution < 1.29 is 0 Å². The number of rotatable bonds is 2. The van der Waals surface area contributed by atoms with Crippen LogP contribution < -0.4 is 5.32 Å². The summed E-state index contributed by atoms with van der Waals surface area (Å²) < 4.78 is 0. The summed E-state index contributed by atoms with van der Waals surface area (Å²) >= 11 is 0. The Kier molecular flexibility index (Phi) is 2.89. The summed E-state index contributed by atoms with van der Waals surface area (Å²) in [6, 6.07) is 2.38. The van der Waals surface area contributed by atoms with Gasteiger partial charge in [-0.05, 0) is 33.2 Å². The molecule has 0 bridgehead atoms. The first kappa shape index (κ1) is 9.47. The van der Waals surface area contributed by atoms with E-state index in [0.29, 0.717) is 0 Å². The highest BCUT2D eigenvalue weighted by atomic mass is 15.2. The van der Waals surface area contributed by atoms with Crippen LogP contribution in [0.3, 0.4) is 0 Å². The molecular formula is C11H22N2. The Morgan fingerprint density at radius 3 is 2.38 bits per heavy atom. The molecule has 2 heteroatoms. The van der Waals surface area contributed by atoms with Gasteiger partial charge in [-0.25, -0.2) is 0 Å². The minimum Gasteiger partial charge on any atom is -0.310 e. The van der Waals surface area contributed by atoms with E-state index in [9.17, 15) is 0 Å². The van der Waals surface area contributed by atoms with Crippen molar-refractivity contribution in [3.63, 3.8) is 0 Å². The summed E-state index contributed by atoms with van der Waals surface area (Å²) in [5, 5.41) is 3.80. The van der Waals surface area contributed by atoms with Crippen LogP contribution in [0, 0.1) is 0 Å². The molecule has 2 nitrogen and oxygen atoms in total. The molecule has 76 valence electrons. The number of hydrogen-bond donors (Lipinski definition) is 1. The molecule has 2 atom stereocenters. The lowest BCUT2D eigenvalue weighted by Crippen LogP contribution is -2.38. The second kappa shape index (κ2) is 3.97. The summed E-state index contributed by atoms with van der Waals surface area (Å²) in [5.74, 6) is 0. The van der Waals surface area contributed by atoms with Gasteiger partial charge in [0.15, 0.2) is 0 Å². The van der Waals surface area contributed by atoms with E-state index < -0.39 is 0 Å². The molecule has 1 saturated heterocycles. The number of likely N-dealkylation sites (N-methyl/N-ethyl adjacent to an activating group) is 1. The summed E-state index contributed by atoms with van der Waals surface area (Å²) in [6.07, 6.45) is 7.04. The molecule has 1 N–H and O–H groups in total. The van der Waals surface area contributed by atoms with Gasteiger partial charge in [-0.15, -0.1) is 0 Å². The highest BCUT2D eigenvalue weighted by Gasteiger charge is 2.28. The van der Waals surface area contributed by atoms with E-state index in [-0.39, 0.29) is 0 Å². The van der Waals surface area contributed by atoms with Crippen molar-refractivity contribution in [2.45, 2.75) is 57.2 Å². The molecule has 2 fully saturated rings. The first-order valence-electron chi connectivity index (χ1n) is 5.72. The average Bonchev–Trinajstić information content (AvgIpc) is 2.64. The largest absolute Gasteiger partial charge is 0.310 e. The lowest BCUT2D eigenvalue weighted by atomic mass is 10.1. The SMILES string of the molecule is CC1CC(NC2CCCC2)CN1C. The van der Waals surface area contributed by atoms with E-state index in [2.05, 4.69) is 24.2 Å². The van der Waals surface area contributed by atoms with Crippen LogP contribution in [0.5, 0.6) is 0 Å². The van der Waals surface area contributed by atoms with Crippen LogP contribution in [0.2, 0.25) is 0 Å². The van der Waals surface area contributed by atoms with E-state index >= 15 is 0 Å². The van der Waals surface area contributed by atoms with Crippen molar-refractivity contribution in [2.75, 3.05) is 13.6 Å². The molecule has 0 aromatic rings. The molecule has 0 aromatic carbocycles. The van der Waals surface area contributed by atoms with Gasteiger partial charge in [0, 0.05) is 24.7 Å². The van der Waals surface area contributed by atoms with Crippen LogP contribution in [0.4, 0.5) is 0 Å². The standard InChI is InChI=1S/C11H22N2/c1-9-7-11(8-13(9)2)12-10-5-3-4-6-10/h9-12H,3-8H2,1-2H3. The average molecular weight is 182 g/mol. The van der Waals surface area contributed by atoms with E-state index in [1.807, 2.05) is 0 Å². The van der Waals surface area contributed by atoms with Gasteiger partial charge < -0.3 is 10.2 Å². The van der Waals surface area contributed by atoms with Gasteiger partial charge in [0.2, 0.25) is 0 Å². The molecule has 1 saturated carbocycles. The highest BCUT2D eigenvalue weighted by molar-refractivity contribution is 4.88. The molecule has 2 aliphatic rings. The molecule has 1 aliphatic heterocycles. The zero-order valence-electron chi connectivity index (χ0n) is 8.92. The Morgan fingerprint density at radius 1 is 1.15 bits per heavy atom. The Morgan fingerprint density at radius 2 is 1.85 bits per heavy atom. The van der Waals surface area contributed by atoms with Gasteiger partial charge in [0.05, 0.1) is 0 Å². The lowest BCUT2D eigenvalue weighted by Gasteiger charge is -2.18. The molecule has 13 heavy (non-hydrogen) atoms. The van der Waals surface area contributed by atoms with Crippen molar-refractivity contribution in [3.8, 4) is 0 Å². The molecule has 0 amide bonds. The fourth-order valence-electron chi connectivity index (χ4n) is 2.74. The van der Waals surface area contributed by atoms with Crippen molar-refractivity contribution in [3.05, 3.63) is 0 Å². The monoisotopic (exact) mass is 182 g/mol. The maximum absolute atomic E-state index is 3.80. The molecular weight excluding hydrogens is 160 g/mol. The van der Waals surface area contributed by atoms with Gasteiger partial charge in [0.1, 0.15) is 0 Å². The van der Waals surface area contributed by atoms with Crippen molar-refractivity contribution in [1.82, 2.24) is 10.2 Å². The van der Waals surface area contributed by atoms with Crippen LogP contribution >= 0.6 is 0 Å². The van der Waals surface area contributed by atoms with Gasteiger partial charge in [-0.3, -0.25) is 0 Å². The van der Waals surface area contributed by atoms with E-state index in [0.717, 1.165) is 18.1 Å². The summed E-state index contributed by atoms with van der Waals surface area (Å²) in [5.41, 5.74) is 0. The molecule has 2 rings (SSSR count). The third-order valence-electron chi connectivity index (χ3n) is 3.71. The van der Waals surface area contributed by atoms with Crippen LogP contribution in [-0.4, -0.2) is 36.6 Å². The Bertz CT molecular complexity index is 153. The molecule has 1 aliphatic carbocycles. The summed E-state index contributed by atoms with van der Waals surface area (Å²) in [6.45, 7) is 3.58. The Hall–Kier alpha value is -0.0800. The molecule has 1 heterocycles. The quantitative estimate of drug-likeness (QED) is 0.698. The van der Waals surface area contributed by atoms with Gasteiger partial charge in [0.25, 0.3) is 0 Å². The second-order valence-corrected chi connectivity index (χ2v) is 4.87.